The molecular formula is C10H9BrN2O2. The standard InChI is InChI=1S/C10H9BrN2O2/c1-5-3-6(11)4-7-8(5)13-9(12-7)10(14)15-2/h3-4H,1-2H3,(H,12,13). The molecule has 4 nitrogen and oxygen atoms in total. The first-order valence-electron chi connectivity index (χ1n) is 4.36. The molecule has 1 heterocycles. The number of aromatic nitrogens is 2. The van der Waals surface area contributed by atoms with Crippen LogP contribution in [0.25, 0.3) is 11.0 Å². The van der Waals surface area contributed by atoms with E-state index in [-0.39, 0.29) is 5.82 Å². The van der Waals surface area contributed by atoms with Crippen LogP contribution < -0.4 is 0 Å². The Labute approximate surface area is 94.8 Å². The number of hydrogen-bond acceptors (Lipinski definition) is 3. The Hall–Kier alpha value is -1.36. The van der Waals surface area contributed by atoms with Crippen LogP contribution in [0.1, 0.15) is 16.2 Å². The lowest BCUT2D eigenvalue weighted by Crippen LogP contribution is -2.02. The molecule has 0 spiro atoms. The Bertz CT molecular complexity index is 533. The molecule has 0 aliphatic carbocycles. The van der Waals surface area contributed by atoms with E-state index in [4.69, 9.17) is 0 Å². The molecule has 1 N–H and O–H groups in total. The molecule has 0 amide bonds. The van der Waals surface area contributed by atoms with E-state index in [1.54, 1.807) is 0 Å². The summed E-state index contributed by atoms with van der Waals surface area (Å²) in [4.78, 5) is 18.3. The number of benzene rings is 1. The predicted molar refractivity (Wildman–Crippen MR) is 59.9 cm³/mol. The Morgan fingerprint density at radius 3 is 2.93 bits per heavy atom. The van der Waals surface area contributed by atoms with Crippen LogP contribution in [0.5, 0.6) is 0 Å². The lowest BCUT2D eigenvalue weighted by molar-refractivity contribution is 0.0588. The molecule has 0 saturated heterocycles. The number of esters is 1. The lowest BCUT2D eigenvalue weighted by Gasteiger charge is -1.94. The fourth-order valence-electron chi connectivity index (χ4n) is 1.44. The van der Waals surface area contributed by atoms with E-state index in [1.807, 2.05) is 19.1 Å². The molecule has 2 aromatic rings. The number of rotatable bonds is 1. The van der Waals surface area contributed by atoms with Gasteiger partial charge in [-0.25, -0.2) is 9.78 Å². The van der Waals surface area contributed by atoms with Crippen molar-refractivity contribution in [1.29, 1.82) is 0 Å². The number of nitrogens with one attached hydrogen (secondary N) is 1. The second-order valence-corrected chi connectivity index (χ2v) is 4.11. The van der Waals surface area contributed by atoms with Crippen molar-refractivity contribution in [2.45, 2.75) is 6.92 Å². The number of aryl methyl sites for hydroxylation is 1. The highest BCUT2D eigenvalue weighted by molar-refractivity contribution is 9.10. The number of hydrogen-bond donors (Lipinski definition) is 1. The molecule has 1 aromatic heterocycles. The lowest BCUT2D eigenvalue weighted by atomic mass is 10.2. The summed E-state index contributed by atoms with van der Waals surface area (Å²) >= 11 is 3.38. The normalized spacial score (nSPS) is 10.6. The Morgan fingerprint density at radius 1 is 1.53 bits per heavy atom. The minimum Gasteiger partial charge on any atom is -0.463 e. The SMILES string of the molecule is COC(=O)c1nc2c(C)cc(Br)cc2[nH]1. The van der Waals surface area contributed by atoms with Crippen LogP contribution in [0, 0.1) is 6.92 Å². The van der Waals surface area contributed by atoms with Crippen LogP contribution in [0.3, 0.4) is 0 Å². The first-order chi connectivity index (χ1) is 7.11. The maximum Gasteiger partial charge on any atom is 0.374 e. The van der Waals surface area contributed by atoms with Gasteiger partial charge in [-0.2, -0.15) is 0 Å². The fourth-order valence-corrected chi connectivity index (χ4v) is 2.01. The van der Waals surface area contributed by atoms with Gasteiger partial charge in [0.2, 0.25) is 5.82 Å². The van der Waals surface area contributed by atoms with Crippen LogP contribution in [-0.2, 0) is 4.74 Å². The van der Waals surface area contributed by atoms with Gasteiger partial charge in [0.1, 0.15) is 0 Å². The van der Waals surface area contributed by atoms with Crippen molar-refractivity contribution < 1.29 is 9.53 Å². The maximum absolute atomic E-state index is 11.3. The molecule has 0 radical (unpaired) electrons. The van der Waals surface area contributed by atoms with Gasteiger partial charge in [0.25, 0.3) is 0 Å². The summed E-state index contributed by atoms with van der Waals surface area (Å²) in [6.45, 7) is 1.94. The molecular weight excluding hydrogens is 260 g/mol. The van der Waals surface area contributed by atoms with Gasteiger partial charge in [0.05, 0.1) is 18.1 Å². The first kappa shape index (κ1) is 10.2. The number of halogens is 1. The molecule has 2 rings (SSSR count). The molecule has 0 bridgehead atoms. The van der Waals surface area contributed by atoms with Crippen molar-refractivity contribution in [3.8, 4) is 0 Å². The van der Waals surface area contributed by atoms with Crippen LogP contribution in [0.15, 0.2) is 16.6 Å². The molecule has 5 heteroatoms. The maximum atomic E-state index is 11.3. The number of aromatic amines is 1. The number of nitrogens with zero attached hydrogens (tertiary/aromatic N) is 1. The zero-order chi connectivity index (χ0) is 11.0. The van der Waals surface area contributed by atoms with Crippen LogP contribution in [0.4, 0.5) is 0 Å². The van der Waals surface area contributed by atoms with Crippen LogP contribution in [-0.4, -0.2) is 23.0 Å². The minimum atomic E-state index is -0.457. The van der Waals surface area contributed by atoms with Crippen molar-refractivity contribution in [2.75, 3.05) is 7.11 Å². The van der Waals surface area contributed by atoms with Crippen LogP contribution in [0.2, 0.25) is 0 Å². The van der Waals surface area contributed by atoms with Crippen molar-refractivity contribution in [1.82, 2.24) is 9.97 Å². The third-order valence-corrected chi connectivity index (χ3v) is 2.58. The Morgan fingerprint density at radius 2 is 2.27 bits per heavy atom. The number of carbonyl (C=O) groups excluding carboxylic acids is 1. The summed E-state index contributed by atoms with van der Waals surface area (Å²) in [6, 6.07) is 3.83. The third-order valence-electron chi connectivity index (χ3n) is 2.12. The number of ether oxygens (including phenoxy) is 1. The largest absolute Gasteiger partial charge is 0.463 e. The molecule has 78 valence electrons. The number of H-pyrrole nitrogens is 1. The van der Waals surface area contributed by atoms with E-state index in [0.29, 0.717) is 0 Å². The number of methoxy groups -OCH3 is 1. The average Bonchev–Trinajstić information content (AvgIpc) is 2.60. The second kappa shape index (κ2) is 3.66. The monoisotopic (exact) mass is 268 g/mol. The molecule has 0 saturated carbocycles. The zero-order valence-corrected chi connectivity index (χ0v) is 9.88. The summed E-state index contributed by atoms with van der Waals surface area (Å²) < 4.78 is 5.54. The van der Waals surface area contributed by atoms with Crippen molar-refractivity contribution in [3.63, 3.8) is 0 Å². The molecule has 0 aliphatic heterocycles. The summed E-state index contributed by atoms with van der Waals surface area (Å²) in [5, 5.41) is 0. The third kappa shape index (κ3) is 1.74. The van der Waals surface area contributed by atoms with Gasteiger partial charge in [-0.15, -0.1) is 0 Å². The molecule has 0 atom stereocenters. The van der Waals surface area contributed by atoms with Gasteiger partial charge in [-0.05, 0) is 24.6 Å². The van der Waals surface area contributed by atoms with E-state index in [9.17, 15) is 4.79 Å². The summed E-state index contributed by atoms with van der Waals surface area (Å²) in [6.07, 6.45) is 0. The van der Waals surface area contributed by atoms with Gasteiger partial charge in [0.15, 0.2) is 0 Å². The second-order valence-electron chi connectivity index (χ2n) is 3.20. The summed E-state index contributed by atoms with van der Waals surface area (Å²) in [5.74, 6) is -0.226. The molecule has 0 aliphatic rings. The van der Waals surface area contributed by atoms with Crippen molar-refractivity contribution in [2.24, 2.45) is 0 Å². The van der Waals surface area contributed by atoms with Gasteiger partial charge in [-0.3, -0.25) is 0 Å². The van der Waals surface area contributed by atoms with Crippen molar-refractivity contribution in [3.05, 3.63) is 28.0 Å². The van der Waals surface area contributed by atoms with Gasteiger partial charge >= 0.3 is 5.97 Å². The first-order valence-corrected chi connectivity index (χ1v) is 5.15. The molecule has 15 heavy (non-hydrogen) atoms. The minimum absolute atomic E-state index is 0.230. The average molecular weight is 269 g/mol. The number of carbonyl (C=O) groups is 1. The number of fused-ring (bicyclic) bond motifs is 1. The van der Waals surface area contributed by atoms with Crippen LogP contribution >= 0.6 is 15.9 Å². The predicted octanol–water partition coefficient (Wildman–Crippen LogP) is 2.42. The fraction of sp³-hybridized carbons (Fsp3) is 0.200. The highest BCUT2D eigenvalue weighted by atomic mass is 79.9. The van der Waals surface area contributed by atoms with E-state index in [0.717, 1.165) is 21.1 Å². The highest BCUT2D eigenvalue weighted by Crippen LogP contribution is 2.22. The van der Waals surface area contributed by atoms with E-state index in [2.05, 4.69) is 30.6 Å². The zero-order valence-electron chi connectivity index (χ0n) is 8.30. The Balaban J connectivity index is 2.65. The van der Waals surface area contributed by atoms with E-state index >= 15 is 0 Å². The molecule has 0 unspecified atom stereocenters. The molecule has 0 fully saturated rings. The topological polar surface area (TPSA) is 55.0 Å². The van der Waals surface area contributed by atoms with E-state index < -0.39 is 5.97 Å². The van der Waals surface area contributed by atoms with E-state index in [1.165, 1.54) is 7.11 Å². The number of imidazole rings is 1. The highest BCUT2D eigenvalue weighted by Gasteiger charge is 2.12. The smallest absolute Gasteiger partial charge is 0.374 e. The molecule has 1 aromatic carbocycles. The Kier molecular flexibility index (Phi) is 2.48. The van der Waals surface area contributed by atoms with Gasteiger partial charge in [-0.1, -0.05) is 15.9 Å². The summed E-state index contributed by atoms with van der Waals surface area (Å²) in [7, 11) is 1.33. The quantitative estimate of drug-likeness (QED) is 0.809. The van der Waals surface area contributed by atoms with Crippen molar-refractivity contribution >= 4 is 32.9 Å². The van der Waals surface area contributed by atoms with Gasteiger partial charge in [0, 0.05) is 4.47 Å². The summed E-state index contributed by atoms with van der Waals surface area (Å²) in [5.41, 5.74) is 2.62. The van der Waals surface area contributed by atoms with Gasteiger partial charge < -0.3 is 9.72 Å².